The summed E-state index contributed by atoms with van der Waals surface area (Å²) in [6.07, 6.45) is 6.08. The third-order valence-electron chi connectivity index (χ3n) is 6.85. The molecule has 0 fully saturated rings. The quantitative estimate of drug-likeness (QED) is 0.308. The fourth-order valence-electron chi connectivity index (χ4n) is 4.05. The highest BCUT2D eigenvalue weighted by molar-refractivity contribution is 6.17. The van der Waals surface area contributed by atoms with Crippen molar-refractivity contribution >= 4 is 23.8 Å². The Morgan fingerprint density at radius 2 is 1.76 bits per heavy atom. The molecule has 0 aliphatic carbocycles. The molecular formula is C29H42N2O3. The summed E-state index contributed by atoms with van der Waals surface area (Å²) in [7, 11) is 0. The topological polar surface area (TPSA) is 67.8 Å². The van der Waals surface area contributed by atoms with Gasteiger partial charge in [-0.3, -0.25) is 9.79 Å². The molecule has 0 saturated heterocycles. The lowest BCUT2D eigenvalue weighted by Crippen LogP contribution is -2.42. The summed E-state index contributed by atoms with van der Waals surface area (Å²) in [6.45, 7) is 16.5. The Kier molecular flexibility index (Phi) is 9.84. The van der Waals surface area contributed by atoms with Gasteiger partial charge in [0.15, 0.2) is 0 Å². The van der Waals surface area contributed by atoms with Crippen molar-refractivity contribution in [2.75, 3.05) is 6.61 Å². The highest BCUT2D eigenvalue weighted by Crippen LogP contribution is 2.33. The van der Waals surface area contributed by atoms with Gasteiger partial charge in [0, 0.05) is 11.1 Å². The van der Waals surface area contributed by atoms with E-state index in [1.54, 1.807) is 0 Å². The number of aliphatic imine (C=N–C) groups is 1. The van der Waals surface area contributed by atoms with Crippen molar-refractivity contribution in [2.45, 2.75) is 80.2 Å². The molecule has 34 heavy (non-hydrogen) atoms. The molecule has 186 valence electrons. The van der Waals surface area contributed by atoms with Crippen molar-refractivity contribution in [1.29, 1.82) is 0 Å². The molecular weight excluding hydrogens is 424 g/mol. The van der Waals surface area contributed by atoms with Crippen LogP contribution < -0.4 is 5.32 Å². The Hall–Kier alpha value is -2.69. The lowest BCUT2D eigenvalue weighted by molar-refractivity contribution is -0.138. The number of carbonyl (C=O) groups excluding carboxylic acids is 2. The molecule has 0 spiro atoms. The molecule has 0 radical (unpaired) electrons. The Labute approximate surface area is 205 Å². The largest absolute Gasteiger partial charge is 0.458 e. The van der Waals surface area contributed by atoms with E-state index in [-0.39, 0.29) is 30.3 Å². The molecule has 2 rings (SSSR count). The zero-order valence-corrected chi connectivity index (χ0v) is 22.2. The van der Waals surface area contributed by atoms with Crippen LogP contribution in [0.3, 0.4) is 0 Å². The molecule has 5 heteroatoms. The highest BCUT2D eigenvalue weighted by Gasteiger charge is 2.44. The van der Waals surface area contributed by atoms with Gasteiger partial charge in [0.25, 0.3) is 5.91 Å². The van der Waals surface area contributed by atoms with Crippen LogP contribution in [-0.2, 0) is 14.3 Å². The summed E-state index contributed by atoms with van der Waals surface area (Å²) in [5.74, 6) is 0.458. The standard InChI is InChI=1S/C29H42N2O3/c1-9-21(6)25(27(32)34-17-11-12-23-15-13-20(5)14-16-23)24(18-19(3)4)26-30-28(33)29(8,31-26)22(7)10-2/h11-16,19,21-22H,9-10,17-18H2,1-8H3,(H,30,31,33)/b12-11+,25-24+. The Morgan fingerprint density at radius 3 is 2.32 bits per heavy atom. The first-order valence-corrected chi connectivity index (χ1v) is 12.6. The van der Waals surface area contributed by atoms with Gasteiger partial charge in [-0.2, -0.15) is 0 Å². The molecule has 1 aromatic rings. The van der Waals surface area contributed by atoms with Crippen LogP contribution in [0.5, 0.6) is 0 Å². The van der Waals surface area contributed by atoms with Crippen molar-refractivity contribution in [1.82, 2.24) is 5.32 Å². The minimum absolute atomic E-state index is 0.0163. The first-order chi connectivity index (χ1) is 16.0. The van der Waals surface area contributed by atoms with E-state index >= 15 is 0 Å². The van der Waals surface area contributed by atoms with Crippen LogP contribution in [0.4, 0.5) is 0 Å². The van der Waals surface area contributed by atoms with Crippen molar-refractivity contribution in [3.63, 3.8) is 0 Å². The summed E-state index contributed by atoms with van der Waals surface area (Å²) >= 11 is 0. The summed E-state index contributed by atoms with van der Waals surface area (Å²) in [6, 6.07) is 8.18. The zero-order valence-electron chi connectivity index (χ0n) is 22.2. The monoisotopic (exact) mass is 466 g/mol. The van der Waals surface area contributed by atoms with Gasteiger partial charge in [-0.05, 0) is 56.1 Å². The van der Waals surface area contributed by atoms with Crippen LogP contribution in [0.2, 0.25) is 0 Å². The van der Waals surface area contributed by atoms with E-state index in [1.165, 1.54) is 5.56 Å². The normalized spacial score (nSPS) is 20.7. The van der Waals surface area contributed by atoms with Gasteiger partial charge in [-0.1, -0.05) is 83.9 Å². The Balaban J connectivity index is 2.37. The molecule has 5 nitrogen and oxygen atoms in total. The van der Waals surface area contributed by atoms with Crippen molar-refractivity contribution in [2.24, 2.45) is 22.7 Å². The molecule has 0 bridgehead atoms. The van der Waals surface area contributed by atoms with Crippen molar-refractivity contribution in [3.8, 4) is 0 Å². The number of ether oxygens (including phenoxy) is 1. The van der Waals surface area contributed by atoms with Gasteiger partial charge in [0.2, 0.25) is 0 Å². The molecule has 0 aromatic heterocycles. The number of amidine groups is 1. The number of carbonyl (C=O) groups is 2. The Morgan fingerprint density at radius 1 is 1.12 bits per heavy atom. The molecule has 1 aromatic carbocycles. The summed E-state index contributed by atoms with van der Waals surface area (Å²) in [5, 5.41) is 3.00. The zero-order chi connectivity index (χ0) is 25.5. The van der Waals surface area contributed by atoms with E-state index in [1.807, 2.05) is 45.1 Å². The molecule has 0 saturated carbocycles. The summed E-state index contributed by atoms with van der Waals surface area (Å²) in [4.78, 5) is 31.1. The number of benzene rings is 1. The number of esters is 1. The number of nitrogens with zero attached hydrogens (tertiary/aromatic N) is 1. The van der Waals surface area contributed by atoms with E-state index in [9.17, 15) is 9.59 Å². The van der Waals surface area contributed by atoms with Crippen LogP contribution in [0, 0.1) is 24.7 Å². The van der Waals surface area contributed by atoms with E-state index in [4.69, 9.17) is 9.73 Å². The summed E-state index contributed by atoms with van der Waals surface area (Å²) in [5.41, 5.74) is 2.86. The second kappa shape index (κ2) is 12.1. The number of rotatable bonds is 11. The second-order valence-electron chi connectivity index (χ2n) is 10.1. The predicted octanol–water partition coefficient (Wildman–Crippen LogP) is 6.27. The highest BCUT2D eigenvalue weighted by atomic mass is 16.5. The molecule has 3 atom stereocenters. The van der Waals surface area contributed by atoms with Crippen molar-refractivity contribution < 1.29 is 14.3 Å². The van der Waals surface area contributed by atoms with Crippen molar-refractivity contribution in [3.05, 3.63) is 52.6 Å². The van der Waals surface area contributed by atoms with E-state index in [2.05, 4.69) is 52.1 Å². The molecule has 1 aliphatic heterocycles. The maximum atomic E-state index is 13.3. The third kappa shape index (κ3) is 6.68. The number of aryl methyl sites for hydroxylation is 1. The smallest absolute Gasteiger partial charge is 0.335 e. The first kappa shape index (κ1) is 27.6. The van der Waals surface area contributed by atoms with E-state index < -0.39 is 5.54 Å². The maximum Gasteiger partial charge on any atom is 0.335 e. The summed E-state index contributed by atoms with van der Waals surface area (Å²) < 4.78 is 5.69. The average Bonchev–Trinajstić information content (AvgIpc) is 3.11. The van der Waals surface area contributed by atoms with Gasteiger partial charge in [0.1, 0.15) is 18.0 Å². The molecule has 1 amide bonds. The van der Waals surface area contributed by atoms with E-state index in [0.29, 0.717) is 23.7 Å². The average molecular weight is 467 g/mol. The molecule has 1 heterocycles. The van der Waals surface area contributed by atoms with Gasteiger partial charge in [-0.25, -0.2) is 4.79 Å². The minimum Gasteiger partial charge on any atom is -0.458 e. The van der Waals surface area contributed by atoms with E-state index in [0.717, 1.165) is 24.0 Å². The van der Waals surface area contributed by atoms with Gasteiger partial charge in [0.05, 0.1) is 0 Å². The predicted molar refractivity (Wildman–Crippen MR) is 141 cm³/mol. The van der Waals surface area contributed by atoms with Gasteiger partial charge >= 0.3 is 5.97 Å². The Bertz CT molecular complexity index is 956. The number of amides is 1. The molecule has 3 unspecified atom stereocenters. The fraction of sp³-hybridized carbons (Fsp3) is 0.552. The number of nitrogens with one attached hydrogen (secondary N) is 1. The first-order valence-electron chi connectivity index (χ1n) is 12.6. The van der Waals surface area contributed by atoms with Crippen LogP contribution in [0.1, 0.15) is 78.9 Å². The maximum absolute atomic E-state index is 13.3. The van der Waals surface area contributed by atoms with Crippen LogP contribution in [-0.4, -0.2) is 29.9 Å². The lowest BCUT2D eigenvalue weighted by Gasteiger charge is -2.24. The SMILES string of the molecule is CCC(C)/C(C(=O)OC/C=C/c1ccc(C)cc1)=C(/CC(C)C)C1=NC(C)(C(C)CC)C(=O)N1. The van der Waals surface area contributed by atoms with Gasteiger partial charge < -0.3 is 10.1 Å². The van der Waals surface area contributed by atoms with Crippen LogP contribution in [0.25, 0.3) is 6.08 Å². The number of hydrogen-bond donors (Lipinski definition) is 1. The van der Waals surface area contributed by atoms with Crippen LogP contribution in [0.15, 0.2) is 46.5 Å². The third-order valence-corrected chi connectivity index (χ3v) is 6.85. The molecule has 1 aliphatic rings. The van der Waals surface area contributed by atoms with Crippen LogP contribution >= 0.6 is 0 Å². The lowest BCUT2D eigenvalue weighted by atomic mass is 9.85. The number of hydrogen-bond acceptors (Lipinski definition) is 4. The second-order valence-corrected chi connectivity index (χ2v) is 10.1. The molecule has 1 N–H and O–H groups in total. The fourth-order valence-corrected chi connectivity index (χ4v) is 4.05. The minimum atomic E-state index is -0.826. The van der Waals surface area contributed by atoms with Gasteiger partial charge in [-0.15, -0.1) is 0 Å².